The summed E-state index contributed by atoms with van der Waals surface area (Å²) in [6.45, 7) is 7.40. The second-order valence-corrected chi connectivity index (χ2v) is 10.7. The zero-order valence-electron chi connectivity index (χ0n) is 23.4. The van der Waals surface area contributed by atoms with E-state index < -0.39 is 25.6 Å². The van der Waals surface area contributed by atoms with Crippen LogP contribution in [0.2, 0.25) is 0 Å². The van der Waals surface area contributed by atoms with Gasteiger partial charge in [0.25, 0.3) is 0 Å². The number of aromatic amines is 1. The maximum absolute atomic E-state index is 14.4. The molecule has 2 fully saturated rings. The number of nitrogens with one attached hydrogen (secondary N) is 2. The monoisotopic (exact) mass is 560 g/mol. The highest BCUT2D eigenvalue weighted by Gasteiger charge is 2.32. The Labute approximate surface area is 233 Å². The minimum atomic E-state index is -2.65. The molecule has 1 aromatic carbocycles. The third kappa shape index (κ3) is 6.06. The van der Waals surface area contributed by atoms with Gasteiger partial charge in [-0.05, 0) is 44.8 Å². The van der Waals surface area contributed by atoms with Gasteiger partial charge in [0, 0.05) is 62.8 Å². The van der Waals surface area contributed by atoms with Crippen LogP contribution in [0.3, 0.4) is 0 Å². The summed E-state index contributed by atoms with van der Waals surface area (Å²) in [7, 11) is 0. The minimum absolute atomic E-state index is 0.388. The van der Waals surface area contributed by atoms with Crippen LogP contribution in [0.15, 0.2) is 18.5 Å². The van der Waals surface area contributed by atoms with E-state index in [4.69, 9.17) is 4.74 Å². The predicted molar refractivity (Wildman–Crippen MR) is 152 cm³/mol. The SMILES string of the molecule is CCc1n[nH]c2ncnc(N3CCN(c4cc(OCC(F)(CF)CF)cc(NCCN5CCCC5)c4C)CC3)c12. The van der Waals surface area contributed by atoms with Crippen molar-refractivity contribution in [2.24, 2.45) is 0 Å². The van der Waals surface area contributed by atoms with Gasteiger partial charge in [0.05, 0.1) is 11.1 Å². The average molecular weight is 561 g/mol. The van der Waals surface area contributed by atoms with Gasteiger partial charge < -0.3 is 24.8 Å². The Bertz CT molecular complexity index is 1270. The van der Waals surface area contributed by atoms with Gasteiger partial charge in [-0.1, -0.05) is 6.92 Å². The summed E-state index contributed by atoms with van der Waals surface area (Å²) in [5.41, 5.74) is 1.92. The Balaban J connectivity index is 1.34. The maximum Gasteiger partial charge on any atom is 0.200 e. The summed E-state index contributed by atoms with van der Waals surface area (Å²) in [6, 6.07) is 3.65. The molecule has 0 spiro atoms. The average Bonchev–Trinajstić information content (AvgIpc) is 3.67. The molecule has 0 amide bonds. The summed E-state index contributed by atoms with van der Waals surface area (Å²) in [6.07, 6.45) is 4.80. The molecular weight excluding hydrogens is 521 g/mol. The summed E-state index contributed by atoms with van der Waals surface area (Å²) in [4.78, 5) is 15.9. The van der Waals surface area contributed by atoms with Crippen LogP contribution >= 0.6 is 0 Å². The number of hydrogen-bond acceptors (Lipinski definition) is 8. The first-order valence-electron chi connectivity index (χ1n) is 14.2. The van der Waals surface area contributed by atoms with Gasteiger partial charge in [0.15, 0.2) is 5.65 Å². The van der Waals surface area contributed by atoms with E-state index >= 15 is 0 Å². The van der Waals surface area contributed by atoms with Crippen molar-refractivity contribution in [3.63, 3.8) is 0 Å². The van der Waals surface area contributed by atoms with Crippen molar-refractivity contribution in [2.75, 3.05) is 87.4 Å². The molecule has 2 aliphatic rings. The van der Waals surface area contributed by atoms with Crippen molar-refractivity contribution in [1.82, 2.24) is 25.1 Å². The molecule has 2 saturated heterocycles. The second kappa shape index (κ2) is 12.5. The van der Waals surface area contributed by atoms with Crippen molar-refractivity contribution in [3.05, 3.63) is 29.7 Å². The van der Waals surface area contributed by atoms with Crippen LogP contribution in [0.1, 0.15) is 31.0 Å². The molecule has 218 valence electrons. The topological polar surface area (TPSA) is 85.4 Å². The van der Waals surface area contributed by atoms with Gasteiger partial charge in [-0.3, -0.25) is 5.10 Å². The largest absolute Gasteiger partial charge is 0.490 e. The standard InChI is InChI=1S/C28H39F3N8O/c1-3-22-25-26(36-35-22)33-19-34-27(25)39-12-10-38(11-13-39)24-15-21(40-18-28(31,16-29)17-30)14-23(20(24)2)32-6-9-37-7-4-5-8-37/h14-15,19,32H,3-13,16-18H2,1-2H3,(H,33,34,35,36). The van der Waals surface area contributed by atoms with E-state index in [1.165, 1.54) is 12.8 Å². The Morgan fingerprint density at radius 3 is 2.45 bits per heavy atom. The molecule has 2 aliphatic heterocycles. The van der Waals surface area contributed by atoms with Gasteiger partial charge in [-0.25, -0.2) is 23.1 Å². The third-order valence-electron chi connectivity index (χ3n) is 7.94. The number of aromatic nitrogens is 4. The summed E-state index contributed by atoms with van der Waals surface area (Å²) in [5.74, 6) is 1.27. The number of likely N-dealkylation sites (tertiary alicyclic amines) is 1. The second-order valence-electron chi connectivity index (χ2n) is 10.7. The summed E-state index contributed by atoms with van der Waals surface area (Å²) in [5, 5.41) is 11.9. The van der Waals surface area contributed by atoms with Crippen molar-refractivity contribution in [2.45, 2.75) is 38.8 Å². The molecular formula is C28H39F3N8O. The van der Waals surface area contributed by atoms with Crippen molar-refractivity contribution in [1.29, 1.82) is 0 Å². The van der Waals surface area contributed by atoms with E-state index in [-0.39, 0.29) is 0 Å². The molecule has 0 aliphatic carbocycles. The Morgan fingerprint density at radius 1 is 1.02 bits per heavy atom. The molecule has 3 aromatic rings. The predicted octanol–water partition coefficient (Wildman–Crippen LogP) is 4.08. The molecule has 0 atom stereocenters. The normalized spacial score (nSPS) is 16.7. The Morgan fingerprint density at radius 2 is 1.75 bits per heavy atom. The summed E-state index contributed by atoms with van der Waals surface area (Å²) < 4.78 is 46.3. The number of ether oxygens (including phenoxy) is 1. The zero-order valence-corrected chi connectivity index (χ0v) is 23.4. The van der Waals surface area contributed by atoms with E-state index in [0.29, 0.717) is 5.75 Å². The summed E-state index contributed by atoms with van der Waals surface area (Å²) >= 11 is 0. The van der Waals surface area contributed by atoms with Crippen molar-refractivity contribution < 1.29 is 17.9 Å². The van der Waals surface area contributed by atoms with Crippen LogP contribution in [-0.2, 0) is 6.42 Å². The molecule has 5 rings (SSSR count). The molecule has 0 radical (unpaired) electrons. The molecule has 0 bridgehead atoms. The molecule has 12 heteroatoms. The van der Waals surface area contributed by atoms with Crippen LogP contribution in [-0.4, -0.2) is 103 Å². The lowest BCUT2D eigenvalue weighted by Crippen LogP contribution is -2.47. The van der Waals surface area contributed by atoms with Crippen LogP contribution < -0.4 is 19.9 Å². The Kier molecular flexibility index (Phi) is 8.82. The first-order valence-corrected chi connectivity index (χ1v) is 14.2. The first-order chi connectivity index (χ1) is 19.4. The lowest BCUT2D eigenvalue weighted by atomic mass is 10.1. The molecule has 9 nitrogen and oxygen atoms in total. The Hall–Kier alpha value is -3.28. The molecule has 2 N–H and O–H groups in total. The van der Waals surface area contributed by atoms with E-state index in [1.807, 2.05) is 6.07 Å². The van der Waals surface area contributed by atoms with Gasteiger partial charge in [0.1, 0.15) is 37.9 Å². The van der Waals surface area contributed by atoms with Gasteiger partial charge >= 0.3 is 0 Å². The molecule has 4 heterocycles. The van der Waals surface area contributed by atoms with Gasteiger partial charge in [0.2, 0.25) is 5.67 Å². The van der Waals surface area contributed by atoms with E-state index in [1.54, 1.807) is 12.4 Å². The number of hydrogen-bond donors (Lipinski definition) is 2. The number of alkyl halides is 3. The molecule has 2 aromatic heterocycles. The van der Waals surface area contributed by atoms with Gasteiger partial charge in [-0.2, -0.15) is 5.10 Å². The van der Waals surface area contributed by atoms with E-state index in [2.05, 4.69) is 54.0 Å². The fourth-order valence-corrected chi connectivity index (χ4v) is 5.51. The quantitative estimate of drug-likeness (QED) is 0.343. The smallest absolute Gasteiger partial charge is 0.200 e. The highest BCUT2D eigenvalue weighted by atomic mass is 19.2. The maximum atomic E-state index is 14.4. The van der Waals surface area contributed by atoms with Crippen LogP contribution in [0.5, 0.6) is 5.75 Å². The van der Waals surface area contributed by atoms with Crippen LogP contribution in [0.4, 0.5) is 30.4 Å². The number of fused-ring (bicyclic) bond motifs is 1. The number of H-pyrrole nitrogens is 1. The van der Waals surface area contributed by atoms with Gasteiger partial charge in [-0.15, -0.1) is 0 Å². The lowest BCUT2D eigenvalue weighted by Gasteiger charge is -2.38. The number of rotatable bonds is 12. The fraction of sp³-hybridized carbons (Fsp3) is 0.607. The number of anilines is 3. The number of benzene rings is 1. The number of aryl methyl sites for hydroxylation is 1. The minimum Gasteiger partial charge on any atom is -0.490 e. The molecule has 0 saturated carbocycles. The third-order valence-corrected chi connectivity index (χ3v) is 7.94. The van der Waals surface area contributed by atoms with Crippen LogP contribution in [0.25, 0.3) is 11.0 Å². The lowest BCUT2D eigenvalue weighted by molar-refractivity contribution is 0.0351. The number of nitrogens with zero attached hydrogens (tertiary/aromatic N) is 6. The number of halogens is 3. The fourth-order valence-electron chi connectivity index (χ4n) is 5.51. The zero-order chi connectivity index (χ0) is 28.1. The van der Waals surface area contributed by atoms with Crippen molar-refractivity contribution in [3.8, 4) is 5.75 Å². The number of piperazine rings is 1. The van der Waals surface area contributed by atoms with E-state index in [9.17, 15) is 13.2 Å². The first kappa shape index (κ1) is 28.3. The highest BCUT2D eigenvalue weighted by molar-refractivity contribution is 5.89. The highest BCUT2D eigenvalue weighted by Crippen LogP contribution is 2.35. The van der Waals surface area contributed by atoms with Crippen LogP contribution in [0, 0.1) is 6.92 Å². The molecule has 40 heavy (non-hydrogen) atoms. The van der Waals surface area contributed by atoms with E-state index in [0.717, 1.165) is 98.3 Å². The van der Waals surface area contributed by atoms with Crippen molar-refractivity contribution >= 4 is 28.2 Å². The molecule has 0 unspecified atom stereocenters.